The van der Waals surface area contributed by atoms with Crippen molar-refractivity contribution in [1.29, 1.82) is 0 Å². The molecule has 0 aliphatic heterocycles. The molecule has 1 aromatic carbocycles. The van der Waals surface area contributed by atoms with E-state index in [9.17, 15) is 14.5 Å². The number of aromatic amines is 1. The van der Waals surface area contributed by atoms with Crippen LogP contribution in [0.5, 0.6) is 0 Å². The largest absolute Gasteiger partial charge is 0.358 e. The van der Waals surface area contributed by atoms with Gasteiger partial charge in [-0.15, -0.1) is 0 Å². The van der Waals surface area contributed by atoms with Gasteiger partial charge in [0, 0.05) is 5.56 Å². The molecule has 0 bridgehead atoms. The summed E-state index contributed by atoms with van der Waals surface area (Å²) in [5.41, 5.74) is 0.712. The highest BCUT2D eigenvalue weighted by molar-refractivity contribution is 5.66. The molecule has 0 saturated carbocycles. The number of imidazole rings is 1. The molecule has 76 valence electrons. The fourth-order valence-electron chi connectivity index (χ4n) is 1.25. The Balaban J connectivity index is 2.49. The molecule has 6 heteroatoms. The maximum Gasteiger partial charge on any atom is 0.348 e. The molecular formula is C9H6FN3O2. The first-order valence-electron chi connectivity index (χ1n) is 4.12. The Morgan fingerprint density at radius 2 is 2.00 bits per heavy atom. The first-order valence-corrected chi connectivity index (χ1v) is 4.12. The molecule has 1 N–H and O–H groups in total. The lowest BCUT2D eigenvalue weighted by Crippen LogP contribution is -1.91. The third-order valence-corrected chi connectivity index (χ3v) is 1.92. The minimum atomic E-state index is -0.564. The lowest BCUT2D eigenvalue weighted by atomic mass is 10.1. The van der Waals surface area contributed by atoms with Gasteiger partial charge in [0.25, 0.3) is 0 Å². The summed E-state index contributed by atoms with van der Waals surface area (Å²) in [5.74, 6) is -0.585. The van der Waals surface area contributed by atoms with E-state index >= 15 is 0 Å². The highest BCUT2D eigenvalue weighted by Crippen LogP contribution is 2.25. The molecule has 5 nitrogen and oxygen atoms in total. The maximum absolute atomic E-state index is 12.6. The molecule has 0 saturated heterocycles. The number of aromatic nitrogens is 2. The SMILES string of the molecule is O=[N+]([O-])c1[nH]cnc1-c1ccc(F)cc1. The number of halogens is 1. The minimum Gasteiger partial charge on any atom is -0.358 e. The van der Waals surface area contributed by atoms with E-state index in [1.54, 1.807) is 0 Å². The maximum atomic E-state index is 12.6. The molecule has 0 aliphatic carbocycles. The molecule has 2 rings (SSSR count). The van der Waals surface area contributed by atoms with Crippen molar-refractivity contribution in [2.75, 3.05) is 0 Å². The molecule has 0 atom stereocenters. The molecule has 2 aromatic rings. The predicted molar refractivity (Wildman–Crippen MR) is 50.6 cm³/mol. The summed E-state index contributed by atoms with van der Waals surface area (Å²) in [5, 5.41) is 10.6. The number of nitro groups is 1. The minimum absolute atomic E-state index is 0.193. The van der Waals surface area contributed by atoms with E-state index in [0.29, 0.717) is 5.56 Å². The van der Waals surface area contributed by atoms with Crippen molar-refractivity contribution in [2.45, 2.75) is 0 Å². The number of hydrogen-bond acceptors (Lipinski definition) is 3. The smallest absolute Gasteiger partial charge is 0.348 e. The monoisotopic (exact) mass is 207 g/mol. The summed E-state index contributed by atoms with van der Waals surface area (Å²) in [4.78, 5) is 16.3. The molecule has 1 heterocycles. The standard InChI is InChI=1S/C9H6FN3O2/c10-7-3-1-6(2-4-7)8-9(13(14)15)12-5-11-8/h1-5H,(H,11,12). The second-order valence-corrected chi connectivity index (χ2v) is 2.86. The van der Waals surface area contributed by atoms with Crippen molar-refractivity contribution in [1.82, 2.24) is 9.97 Å². The normalized spacial score (nSPS) is 10.2. The van der Waals surface area contributed by atoms with E-state index in [2.05, 4.69) is 9.97 Å². The van der Waals surface area contributed by atoms with Crippen molar-refractivity contribution in [2.24, 2.45) is 0 Å². The molecular weight excluding hydrogens is 201 g/mol. The van der Waals surface area contributed by atoms with Gasteiger partial charge in [-0.2, -0.15) is 0 Å². The molecule has 0 fully saturated rings. The molecule has 0 unspecified atom stereocenters. The average molecular weight is 207 g/mol. The van der Waals surface area contributed by atoms with Gasteiger partial charge in [-0.1, -0.05) is 0 Å². The Bertz CT molecular complexity index is 492. The Labute approximate surface area is 83.7 Å². The summed E-state index contributed by atoms with van der Waals surface area (Å²) < 4.78 is 12.6. The number of H-pyrrole nitrogens is 1. The third-order valence-electron chi connectivity index (χ3n) is 1.92. The van der Waals surface area contributed by atoms with Crippen LogP contribution < -0.4 is 0 Å². The second kappa shape index (κ2) is 3.49. The Morgan fingerprint density at radius 1 is 1.33 bits per heavy atom. The number of nitrogens with zero attached hydrogens (tertiary/aromatic N) is 2. The Hall–Kier alpha value is -2.24. The van der Waals surface area contributed by atoms with Gasteiger partial charge in [0.15, 0.2) is 12.0 Å². The van der Waals surface area contributed by atoms with Crippen LogP contribution in [-0.2, 0) is 0 Å². The van der Waals surface area contributed by atoms with Crippen LogP contribution in [-0.4, -0.2) is 14.9 Å². The van der Waals surface area contributed by atoms with Crippen molar-refractivity contribution < 1.29 is 9.31 Å². The Kier molecular flexibility index (Phi) is 2.17. The summed E-state index contributed by atoms with van der Waals surface area (Å²) in [6.07, 6.45) is 1.23. The zero-order chi connectivity index (χ0) is 10.8. The second-order valence-electron chi connectivity index (χ2n) is 2.86. The quantitative estimate of drug-likeness (QED) is 0.605. The number of benzene rings is 1. The van der Waals surface area contributed by atoms with Gasteiger partial charge in [-0.05, 0) is 29.2 Å². The van der Waals surface area contributed by atoms with Crippen LogP contribution in [0.2, 0.25) is 0 Å². The van der Waals surface area contributed by atoms with Crippen LogP contribution in [0, 0.1) is 15.9 Å². The van der Waals surface area contributed by atoms with Crippen molar-refractivity contribution in [3.8, 4) is 11.3 Å². The van der Waals surface area contributed by atoms with Crippen LogP contribution in [0.25, 0.3) is 11.3 Å². The first-order chi connectivity index (χ1) is 7.18. The van der Waals surface area contributed by atoms with Gasteiger partial charge in [0.2, 0.25) is 0 Å². The molecule has 0 amide bonds. The van der Waals surface area contributed by atoms with Crippen molar-refractivity contribution in [3.63, 3.8) is 0 Å². The van der Waals surface area contributed by atoms with E-state index in [-0.39, 0.29) is 11.5 Å². The van der Waals surface area contributed by atoms with E-state index < -0.39 is 10.7 Å². The summed E-state index contributed by atoms with van der Waals surface area (Å²) >= 11 is 0. The van der Waals surface area contributed by atoms with Gasteiger partial charge >= 0.3 is 5.82 Å². The van der Waals surface area contributed by atoms with Crippen LogP contribution in [0.3, 0.4) is 0 Å². The van der Waals surface area contributed by atoms with Crippen molar-refractivity contribution in [3.05, 3.63) is 46.5 Å². The molecule has 15 heavy (non-hydrogen) atoms. The highest BCUT2D eigenvalue weighted by Gasteiger charge is 2.16. The van der Waals surface area contributed by atoms with Crippen LogP contribution in [0.4, 0.5) is 10.2 Å². The lowest BCUT2D eigenvalue weighted by molar-refractivity contribution is -0.388. The van der Waals surface area contributed by atoms with Crippen LogP contribution >= 0.6 is 0 Å². The zero-order valence-electron chi connectivity index (χ0n) is 7.48. The highest BCUT2D eigenvalue weighted by atomic mass is 19.1. The predicted octanol–water partition coefficient (Wildman–Crippen LogP) is 2.12. The molecule has 0 spiro atoms. The van der Waals surface area contributed by atoms with Crippen LogP contribution in [0.15, 0.2) is 30.6 Å². The summed E-state index contributed by atoms with van der Waals surface area (Å²) in [7, 11) is 0. The lowest BCUT2D eigenvalue weighted by Gasteiger charge is -1.97. The number of nitrogens with one attached hydrogen (secondary N) is 1. The molecule has 1 aromatic heterocycles. The fourth-order valence-corrected chi connectivity index (χ4v) is 1.25. The molecule has 0 radical (unpaired) electrons. The third kappa shape index (κ3) is 1.69. The van der Waals surface area contributed by atoms with Gasteiger partial charge in [-0.25, -0.2) is 14.4 Å². The number of hydrogen-bond donors (Lipinski definition) is 1. The van der Waals surface area contributed by atoms with Gasteiger partial charge < -0.3 is 10.1 Å². The van der Waals surface area contributed by atoms with E-state index in [1.807, 2.05) is 0 Å². The Morgan fingerprint density at radius 3 is 2.60 bits per heavy atom. The van der Waals surface area contributed by atoms with Gasteiger partial charge in [0.1, 0.15) is 5.82 Å². The first kappa shape index (κ1) is 9.32. The van der Waals surface area contributed by atoms with Gasteiger partial charge in [-0.3, -0.25) is 0 Å². The topological polar surface area (TPSA) is 71.8 Å². The van der Waals surface area contributed by atoms with Gasteiger partial charge in [0.05, 0.1) is 0 Å². The zero-order valence-corrected chi connectivity index (χ0v) is 7.48. The number of rotatable bonds is 2. The average Bonchev–Trinajstić information content (AvgIpc) is 2.67. The van der Waals surface area contributed by atoms with E-state index in [0.717, 1.165) is 0 Å². The molecule has 0 aliphatic rings. The summed E-state index contributed by atoms with van der Waals surface area (Å²) in [6.45, 7) is 0. The van der Waals surface area contributed by atoms with E-state index in [4.69, 9.17) is 0 Å². The summed E-state index contributed by atoms with van der Waals surface area (Å²) in [6, 6.07) is 5.35. The van der Waals surface area contributed by atoms with Crippen LogP contribution in [0.1, 0.15) is 0 Å². The fraction of sp³-hybridized carbons (Fsp3) is 0. The van der Waals surface area contributed by atoms with Crippen molar-refractivity contribution >= 4 is 5.82 Å². The van der Waals surface area contributed by atoms with E-state index in [1.165, 1.54) is 30.6 Å².